The number of nitrogens with one attached hydrogen (secondary N) is 2. The zero-order chi connectivity index (χ0) is 14.0. The van der Waals surface area contributed by atoms with Crippen LogP contribution in [0.3, 0.4) is 0 Å². The highest BCUT2D eigenvalue weighted by molar-refractivity contribution is 6.07. The van der Waals surface area contributed by atoms with Crippen LogP contribution >= 0.6 is 0 Å². The van der Waals surface area contributed by atoms with Gasteiger partial charge in [0.05, 0.1) is 18.5 Å². The Morgan fingerprint density at radius 2 is 2.26 bits per heavy atom. The number of imidazole rings is 1. The maximum Gasteiger partial charge on any atom is 0.186 e. The second-order valence-electron chi connectivity index (χ2n) is 4.19. The number of amidine groups is 1. The highest BCUT2D eigenvalue weighted by atomic mass is 19.2. The van der Waals surface area contributed by atoms with E-state index in [1.807, 2.05) is 5.48 Å². The molecule has 0 spiro atoms. The lowest BCUT2D eigenvalue weighted by Gasteiger charge is -2.10. The number of benzene rings is 1. The van der Waals surface area contributed by atoms with Crippen LogP contribution in [-0.2, 0) is 0 Å². The first-order valence-electron chi connectivity index (χ1n) is 5.45. The van der Waals surface area contributed by atoms with Crippen molar-refractivity contribution in [2.75, 3.05) is 20.8 Å². The molecular formula is C11H13F2N5O. The molecule has 0 unspecified atom stereocenters. The van der Waals surface area contributed by atoms with Gasteiger partial charge in [-0.05, 0) is 20.2 Å². The van der Waals surface area contributed by atoms with Crippen LogP contribution in [0.15, 0.2) is 17.4 Å². The standard InChI is InChI=1S/C11H13F2N5O/c1-18(2)5-16-11(17-19)6-3-7(12)8(13)10-9(6)14-4-15-10/h3-4,19H,5H2,1-2H3,(H,14,15)(H,16,17). The van der Waals surface area contributed by atoms with E-state index in [9.17, 15) is 8.78 Å². The van der Waals surface area contributed by atoms with E-state index in [2.05, 4.69) is 15.0 Å². The summed E-state index contributed by atoms with van der Waals surface area (Å²) < 4.78 is 27.0. The lowest BCUT2D eigenvalue weighted by Crippen LogP contribution is -2.24. The lowest BCUT2D eigenvalue weighted by atomic mass is 10.1. The molecule has 0 fully saturated rings. The van der Waals surface area contributed by atoms with E-state index in [0.717, 1.165) is 6.07 Å². The first-order chi connectivity index (χ1) is 9.04. The number of rotatable bonds is 3. The molecule has 0 saturated heterocycles. The van der Waals surface area contributed by atoms with E-state index in [-0.39, 0.29) is 29.1 Å². The molecule has 0 aliphatic carbocycles. The maximum absolute atomic E-state index is 13.5. The summed E-state index contributed by atoms with van der Waals surface area (Å²) in [6, 6.07) is 0.952. The second kappa shape index (κ2) is 5.29. The summed E-state index contributed by atoms with van der Waals surface area (Å²) in [7, 11) is 3.57. The van der Waals surface area contributed by atoms with Crippen molar-refractivity contribution in [1.82, 2.24) is 20.3 Å². The predicted octanol–water partition coefficient (Wildman–Crippen LogP) is 1.09. The number of aliphatic imine (C=N–C) groups is 1. The Balaban J connectivity index is 2.57. The Bertz CT molecular complexity index is 623. The van der Waals surface area contributed by atoms with Crippen LogP contribution in [-0.4, -0.2) is 46.7 Å². The molecule has 19 heavy (non-hydrogen) atoms. The highest BCUT2D eigenvalue weighted by Gasteiger charge is 2.17. The number of H-pyrrole nitrogens is 1. The molecule has 6 nitrogen and oxygen atoms in total. The van der Waals surface area contributed by atoms with Gasteiger partial charge in [0.15, 0.2) is 17.5 Å². The minimum atomic E-state index is -1.05. The lowest BCUT2D eigenvalue weighted by molar-refractivity contribution is 0.234. The van der Waals surface area contributed by atoms with Crippen LogP contribution in [0.2, 0.25) is 0 Å². The molecule has 0 aliphatic heterocycles. The van der Waals surface area contributed by atoms with Crippen LogP contribution in [0, 0.1) is 11.6 Å². The summed E-state index contributed by atoms with van der Waals surface area (Å²) in [4.78, 5) is 12.2. The fourth-order valence-electron chi connectivity index (χ4n) is 1.62. The van der Waals surface area contributed by atoms with E-state index in [1.54, 1.807) is 19.0 Å². The predicted molar refractivity (Wildman–Crippen MR) is 66.0 cm³/mol. The molecule has 0 saturated carbocycles. The Morgan fingerprint density at radius 3 is 2.89 bits per heavy atom. The average molecular weight is 269 g/mol. The zero-order valence-corrected chi connectivity index (χ0v) is 10.4. The smallest absolute Gasteiger partial charge is 0.186 e. The van der Waals surface area contributed by atoms with Gasteiger partial charge in [-0.1, -0.05) is 0 Å². The molecule has 2 aromatic rings. The number of aromatic nitrogens is 2. The largest absolute Gasteiger partial charge is 0.344 e. The normalized spacial score (nSPS) is 12.4. The Kier molecular flexibility index (Phi) is 3.72. The molecule has 0 atom stereocenters. The third kappa shape index (κ3) is 2.54. The summed E-state index contributed by atoms with van der Waals surface area (Å²) in [5.74, 6) is -2.06. The molecule has 3 N–H and O–H groups in total. The minimum absolute atomic E-state index is 0.0295. The third-order valence-electron chi connectivity index (χ3n) is 2.47. The monoisotopic (exact) mass is 269 g/mol. The number of hydrogen-bond acceptors (Lipinski definition) is 4. The molecule has 8 heteroatoms. The fourth-order valence-corrected chi connectivity index (χ4v) is 1.62. The van der Waals surface area contributed by atoms with E-state index in [0.29, 0.717) is 0 Å². The first kappa shape index (κ1) is 13.4. The van der Waals surface area contributed by atoms with Crippen molar-refractivity contribution in [3.63, 3.8) is 0 Å². The molecule has 1 aromatic heterocycles. The van der Waals surface area contributed by atoms with E-state index in [4.69, 9.17) is 5.21 Å². The van der Waals surface area contributed by atoms with E-state index < -0.39 is 11.6 Å². The van der Waals surface area contributed by atoms with Gasteiger partial charge in [-0.3, -0.25) is 20.6 Å². The molecule has 1 aromatic carbocycles. The van der Waals surface area contributed by atoms with Crippen molar-refractivity contribution < 1.29 is 14.0 Å². The molecule has 0 amide bonds. The van der Waals surface area contributed by atoms with Gasteiger partial charge >= 0.3 is 0 Å². The zero-order valence-electron chi connectivity index (χ0n) is 10.4. The number of hydrogen-bond donors (Lipinski definition) is 3. The summed E-state index contributed by atoms with van der Waals surface area (Å²) in [6.45, 7) is 0.275. The van der Waals surface area contributed by atoms with Crippen molar-refractivity contribution in [1.29, 1.82) is 0 Å². The number of aromatic amines is 1. The molecule has 0 aliphatic rings. The second-order valence-corrected chi connectivity index (χ2v) is 4.19. The summed E-state index contributed by atoms with van der Waals surface area (Å²) in [6.07, 6.45) is 1.25. The average Bonchev–Trinajstić information content (AvgIpc) is 2.84. The van der Waals surface area contributed by atoms with Crippen molar-refractivity contribution >= 4 is 16.9 Å². The minimum Gasteiger partial charge on any atom is -0.344 e. The van der Waals surface area contributed by atoms with Crippen molar-refractivity contribution in [2.45, 2.75) is 0 Å². The van der Waals surface area contributed by atoms with Crippen LogP contribution < -0.4 is 5.48 Å². The van der Waals surface area contributed by atoms with Crippen molar-refractivity contribution in [3.05, 3.63) is 29.6 Å². The highest BCUT2D eigenvalue weighted by Crippen LogP contribution is 2.21. The molecule has 0 bridgehead atoms. The van der Waals surface area contributed by atoms with E-state index in [1.165, 1.54) is 6.33 Å². The van der Waals surface area contributed by atoms with Gasteiger partial charge in [-0.25, -0.2) is 13.8 Å². The first-order valence-corrected chi connectivity index (χ1v) is 5.45. The number of nitrogens with zero attached hydrogens (tertiary/aromatic N) is 3. The fraction of sp³-hybridized carbons (Fsp3) is 0.273. The Hall–Kier alpha value is -2.06. The van der Waals surface area contributed by atoms with Gasteiger partial charge in [0.25, 0.3) is 0 Å². The third-order valence-corrected chi connectivity index (χ3v) is 2.47. The van der Waals surface area contributed by atoms with Crippen LogP contribution in [0.4, 0.5) is 8.78 Å². The van der Waals surface area contributed by atoms with E-state index >= 15 is 0 Å². The van der Waals surface area contributed by atoms with Crippen molar-refractivity contribution in [3.8, 4) is 0 Å². The molecule has 1 heterocycles. The van der Waals surface area contributed by atoms with Gasteiger partial charge in [0, 0.05) is 5.56 Å². The van der Waals surface area contributed by atoms with Gasteiger partial charge in [0.1, 0.15) is 5.52 Å². The maximum atomic E-state index is 13.5. The SMILES string of the molecule is CN(C)CN=C(NO)c1cc(F)c(F)c2nc[nH]c12. The van der Waals surface area contributed by atoms with Crippen LogP contribution in [0.5, 0.6) is 0 Å². The van der Waals surface area contributed by atoms with Gasteiger partial charge in [-0.15, -0.1) is 0 Å². The summed E-state index contributed by atoms with van der Waals surface area (Å²) >= 11 is 0. The quantitative estimate of drug-likeness (QED) is 0.443. The topological polar surface area (TPSA) is 76.5 Å². The Morgan fingerprint density at radius 1 is 1.53 bits per heavy atom. The number of hydroxylamine groups is 1. The van der Waals surface area contributed by atoms with Gasteiger partial charge in [0.2, 0.25) is 0 Å². The van der Waals surface area contributed by atoms with Crippen LogP contribution in [0.25, 0.3) is 11.0 Å². The molecular weight excluding hydrogens is 256 g/mol. The van der Waals surface area contributed by atoms with Crippen molar-refractivity contribution in [2.24, 2.45) is 4.99 Å². The molecule has 0 radical (unpaired) electrons. The van der Waals surface area contributed by atoms with Gasteiger partial charge < -0.3 is 4.98 Å². The van der Waals surface area contributed by atoms with Gasteiger partial charge in [-0.2, -0.15) is 0 Å². The molecule has 102 valence electrons. The number of fused-ring (bicyclic) bond motifs is 1. The van der Waals surface area contributed by atoms with Crippen LogP contribution in [0.1, 0.15) is 5.56 Å². The summed E-state index contributed by atoms with van der Waals surface area (Å²) in [5, 5.41) is 9.10. The Labute approximate surface area is 107 Å². The summed E-state index contributed by atoms with van der Waals surface area (Å²) in [5.41, 5.74) is 2.22. The molecule has 2 rings (SSSR count). The number of halogens is 2.